The average Bonchev–Trinajstić information content (AvgIpc) is 3.04. The Labute approximate surface area is 128 Å². The first-order valence-electron chi connectivity index (χ1n) is 7.40. The molecule has 0 aromatic carbocycles. The summed E-state index contributed by atoms with van der Waals surface area (Å²) in [7, 11) is 0. The van der Waals surface area contributed by atoms with Crippen molar-refractivity contribution < 1.29 is 14.7 Å². The van der Waals surface area contributed by atoms with Gasteiger partial charge in [0.1, 0.15) is 5.01 Å². The molecule has 1 heterocycles. The van der Waals surface area contributed by atoms with Gasteiger partial charge in [-0.25, -0.2) is 4.98 Å². The van der Waals surface area contributed by atoms with E-state index in [1.54, 1.807) is 11.3 Å². The van der Waals surface area contributed by atoms with Crippen molar-refractivity contribution in [1.29, 1.82) is 0 Å². The first-order valence-corrected chi connectivity index (χ1v) is 8.21. The molecule has 4 unspecified atom stereocenters. The molecule has 0 aliphatic heterocycles. The smallest absolute Gasteiger partial charge is 0.307 e. The van der Waals surface area contributed by atoms with E-state index in [1.807, 2.05) is 20.0 Å². The first kappa shape index (κ1) is 15.9. The van der Waals surface area contributed by atoms with Crippen LogP contribution >= 0.6 is 11.3 Å². The Kier molecular flexibility index (Phi) is 4.98. The third-order valence-corrected chi connectivity index (χ3v) is 5.43. The fourth-order valence-corrected chi connectivity index (χ4v) is 3.78. The third-order valence-electron chi connectivity index (χ3n) is 4.10. The lowest BCUT2D eigenvalue weighted by Gasteiger charge is -2.18. The highest BCUT2D eigenvalue weighted by Gasteiger charge is 2.41. The first-order chi connectivity index (χ1) is 9.92. The molecule has 1 fully saturated rings. The second-order valence-electron chi connectivity index (χ2n) is 5.88. The number of hydrogen-bond acceptors (Lipinski definition) is 4. The molecule has 0 bridgehead atoms. The predicted octanol–water partition coefficient (Wildman–Crippen LogP) is 2.63. The van der Waals surface area contributed by atoms with Gasteiger partial charge < -0.3 is 10.4 Å². The van der Waals surface area contributed by atoms with Gasteiger partial charge in [-0.05, 0) is 32.1 Å². The Bertz CT molecular complexity index is 529. The maximum atomic E-state index is 12.4. The van der Waals surface area contributed by atoms with Crippen LogP contribution in [-0.4, -0.2) is 22.0 Å². The van der Waals surface area contributed by atoms with Gasteiger partial charge in [0.25, 0.3) is 0 Å². The van der Waals surface area contributed by atoms with Gasteiger partial charge in [-0.15, -0.1) is 11.3 Å². The SMILES string of the molecule is CCc1cnc(C(C)NC(=O)C2CC(C)CC2C(=O)O)s1. The Morgan fingerprint density at radius 1 is 1.48 bits per heavy atom. The summed E-state index contributed by atoms with van der Waals surface area (Å²) in [6.07, 6.45) is 3.99. The van der Waals surface area contributed by atoms with Crippen molar-refractivity contribution >= 4 is 23.2 Å². The predicted molar refractivity (Wildman–Crippen MR) is 81.1 cm³/mol. The monoisotopic (exact) mass is 310 g/mol. The molecule has 4 atom stereocenters. The average molecular weight is 310 g/mol. The van der Waals surface area contributed by atoms with Gasteiger partial charge >= 0.3 is 5.97 Å². The molecule has 2 rings (SSSR count). The van der Waals surface area contributed by atoms with Crippen molar-refractivity contribution in [3.63, 3.8) is 0 Å². The topological polar surface area (TPSA) is 79.3 Å². The molecule has 1 amide bonds. The van der Waals surface area contributed by atoms with Crippen LogP contribution in [0.4, 0.5) is 0 Å². The number of aromatic nitrogens is 1. The van der Waals surface area contributed by atoms with Crippen LogP contribution in [0.2, 0.25) is 0 Å². The Hall–Kier alpha value is -1.43. The highest BCUT2D eigenvalue weighted by Crippen LogP contribution is 2.37. The minimum Gasteiger partial charge on any atom is -0.481 e. The lowest BCUT2D eigenvalue weighted by atomic mass is 9.95. The van der Waals surface area contributed by atoms with Crippen LogP contribution in [0.15, 0.2) is 6.20 Å². The van der Waals surface area contributed by atoms with E-state index in [1.165, 1.54) is 4.88 Å². The van der Waals surface area contributed by atoms with E-state index in [4.69, 9.17) is 0 Å². The van der Waals surface area contributed by atoms with E-state index in [0.29, 0.717) is 12.8 Å². The van der Waals surface area contributed by atoms with Crippen molar-refractivity contribution in [3.05, 3.63) is 16.1 Å². The molecule has 21 heavy (non-hydrogen) atoms. The van der Waals surface area contributed by atoms with Crippen LogP contribution in [0.1, 0.15) is 49.5 Å². The number of carboxylic acids is 1. The highest BCUT2D eigenvalue weighted by atomic mass is 32.1. The van der Waals surface area contributed by atoms with Crippen LogP contribution in [-0.2, 0) is 16.0 Å². The fourth-order valence-electron chi connectivity index (χ4n) is 2.92. The van der Waals surface area contributed by atoms with Gasteiger partial charge in [0.05, 0.1) is 17.9 Å². The van der Waals surface area contributed by atoms with Crippen LogP contribution in [0.25, 0.3) is 0 Å². The highest BCUT2D eigenvalue weighted by molar-refractivity contribution is 7.11. The third kappa shape index (κ3) is 3.61. The zero-order valence-electron chi connectivity index (χ0n) is 12.6. The number of nitrogens with zero attached hydrogens (tertiary/aromatic N) is 1. The molecule has 6 heteroatoms. The number of carbonyl (C=O) groups excluding carboxylic acids is 1. The van der Waals surface area contributed by atoms with E-state index in [0.717, 1.165) is 11.4 Å². The number of rotatable bonds is 5. The number of thiazole rings is 1. The Morgan fingerprint density at radius 2 is 2.14 bits per heavy atom. The van der Waals surface area contributed by atoms with Gasteiger partial charge in [-0.1, -0.05) is 13.8 Å². The minimum atomic E-state index is -0.866. The van der Waals surface area contributed by atoms with Crippen molar-refractivity contribution in [1.82, 2.24) is 10.3 Å². The molecular formula is C15H22N2O3S. The van der Waals surface area contributed by atoms with Crippen molar-refractivity contribution in [2.45, 2.75) is 46.1 Å². The molecule has 1 aliphatic rings. The van der Waals surface area contributed by atoms with Crippen LogP contribution < -0.4 is 5.32 Å². The second-order valence-corrected chi connectivity index (χ2v) is 7.02. The summed E-state index contributed by atoms with van der Waals surface area (Å²) in [5, 5.41) is 13.0. The molecule has 0 spiro atoms. The van der Waals surface area contributed by atoms with Gasteiger partial charge in [0, 0.05) is 11.1 Å². The van der Waals surface area contributed by atoms with E-state index < -0.39 is 17.8 Å². The zero-order valence-corrected chi connectivity index (χ0v) is 13.4. The number of aliphatic carboxylic acids is 1. The summed E-state index contributed by atoms with van der Waals surface area (Å²) in [5.41, 5.74) is 0. The van der Waals surface area contributed by atoms with Gasteiger partial charge in [0.2, 0.25) is 5.91 Å². The number of hydrogen-bond donors (Lipinski definition) is 2. The molecule has 1 aromatic rings. The van der Waals surface area contributed by atoms with E-state index in [-0.39, 0.29) is 17.9 Å². The summed E-state index contributed by atoms with van der Waals surface area (Å²) in [6.45, 7) is 5.96. The second kappa shape index (κ2) is 6.56. The lowest BCUT2D eigenvalue weighted by molar-refractivity contribution is -0.146. The standard InChI is InChI=1S/C15H22N2O3S/c1-4-10-7-16-14(21-10)9(3)17-13(18)11-5-8(2)6-12(11)15(19)20/h7-9,11-12H,4-6H2,1-3H3,(H,17,18)(H,19,20). The van der Waals surface area contributed by atoms with Crippen molar-refractivity contribution in [3.8, 4) is 0 Å². The fraction of sp³-hybridized carbons (Fsp3) is 0.667. The zero-order chi connectivity index (χ0) is 15.6. The minimum absolute atomic E-state index is 0.160. The molecular weight excluding hydrogens is 288 g/mol. The molecule has 0 radical (unpaired) electrons. The number of carbonyl (C=O) groups is 2. The molecule has 0 saturated heterocycles. The van der Waals surface area contributed by atoms with Crippen molar-refractivity contribution in [2.75, 3.05) is 0 Å². The van der Waals surface area contributed by atoms with Crippen LogP contribution in [0.3, 0.4) is 0 Å². The van der Waals surface area contributed by atoms with Crippen LogP contribution in [0, 0.1) is 17.8 Å². The molecule has 2 N–H and O–H groups in total. The molecule has 1 aromatic heterocycles. The molecule has 116 valence electrons. The largest absolute Gasteiger partial charge is 0.481 e. The number of nitrogens with one attached hydrogen (secondary N) is 1. The number of carboxylic acid groups (broad SMARTS) is 1. The summed E-state index contributed by atoms with van der Waals surface area (Å²) >= 11 is 1.59. The normalized spacial score (nSPS) is 26.5. The van der Waals surface area contributed by atoms with Gasteiger partial charge in [-0.3, -0.25) is 9.59 Å². The van der Waals surface area contributed by atoms with Gasteiger partial charge in [-0.2, -0.15) is 0 Å². The van der Waals surface area contributed by atoms with Gasteiger partial charge in [0.15, 0.2) is 0 Å². The van der Waals surface area contributed by atoms with Crippen molar-refractivity contribution in [2.24, 2.45) is 17.8 Å². The maximum Gasteiger partial charge on any atom is 0.307 e. The lowest BCUT2D eigenvalue weighted by Crippen LogP contribution is -2.36. The number of aryl methyl sites for hydroxylation is 1. The summed E-state index contributed by atoms with van der Waals surface area (Å²) in [4.78, 5) is 29.1. The van der Waals surface area contributed by atoms with E-state index >= 15 is 0 Å². The summed E-state index contributed by atoms with van der Waals surface area (Å²) in [5.74, 6) is -1.73. The molecule has 1 saturated carbocycles. The Balaban J connectivity index is 2.01. The van der Waals surface area contributed by atoms with Crippen LogP contribution in [0.5, 0.6) is 0 Å². The Morgan fingerprint density at radius 3 is 2.71 bits per heavy atom. The summed E-state index contributed by atoms with van der Waals surface area (Å²) < 4.78 is 0. The van der Waals surface area contributed by atoms with E-state index in [2.05, 4.69) is 17.2 Å². The number of amides is 1. The maximum absolute atomic E-state index is 12.4. The quantitative estimate of drug-likeness (QED) is 0.876. The summed E-state index contributed by atoms with van der Waals surface area (Å²) in [6, 6.07) is -0.173. The molecule has 1 aliphatic carbocycles. The molecule has 5 nitrogen and oxygen atoms in total. The van der Waals surface area contributed by atoms with E-state index in [9.17, 15) is 14.7 Å².